The predicted molar refractivity (Wildman–Crippen MR) is 95.2 cm³/mol. The summed E-state index contributed by atoms with van der Waals surface area (Å²) >= 11 is 7.36. The molecule has 1 atom stereocenters. The lowest BCUT2D eigenvalue weighted by Crippen LogP contribution is -2.28. The Morgan fingerprint density at radius 2 is 2.00 bits per heavy atom. The molecule has 3 heterocycles. The minimum absolute atomic E-state index is 0.0942. The third-order valence-electron chi connectivity index (χ3n) is 4.12. The molecule has 0 bridgehead atoms. The zero-order valence-electron chi connectivity index (χ0n) is 13.0. The molecule has 1 aliphatic rings. The van der Waals surface area contributed by atoms with Gasteiger partial charge < -0.3 is 4.42 Å². The van der Waals surface area contributed by atoms with Crippen LogP contribution in [0.15, 0.2) is 51.1 Å². The van der Waals surface area contributed by atoms with Crippen LogP contribution in [0.4, 0.5) is 0 Å². The summed E-state index contributed by atoms with van der Waals surface area (Å²) in [7, 11) is -3.55. The maximum Gasteiger partial charge on any atom is 0.257 e. The highest BCUT2D eigenvalue weighted by Gasteiger charge is 2.35. The smallest absolute Gasteiger partial charge is 0.257 e. The highest BCUT2D eigenvalue weighted by molar-refractivity contribution is 7.89. The van der Waals surface area contributed by atoms with Gasteiger partial charge in [-0.05, 0) is 42.1 Å². The van der Waals surface area contributed by atoms with E-state index in [1.165, 1.54) is 27.8 Å². The highest BCUT2D eigenvalue weighted by atomic mass is 35.5. The number of nitrogens with zero attached hydrogens (tertiary/aromatic N) is 3. The van der Waals surface area contributed by atoms with Gasteiger partial charge in [0.25, 0.3) is 5.89 Å². The van der Waals surface area contributed by atoms with Crippen molar-refractivity contribution in [3.05, 3.63) is 52.7 Å². The summed E-state index contributed by atoms with van der Waals surface area (Å²) in [6.45, 7) is 0.753. The number of hydrogen-bond donors (Lipinski definition) is 0. The van der Waals surface area contributed by atoms with Crippen molar-refractivity contribution < 1.29 is 12.8 Å². The Balaban J connectivity index is 1.52. The number of benzene rings is 1. The van der Waals surface area contributed by atoms with Gasteiger partial charge in [0.1, 0.15) is 0 Å². The Bertz CT molecular complexity index is 968. The van der Waals surface area contributed by atoms with Gasteiger partial charge in [0.05, 0.1) is 15.7 Å². The molecule has 4 rings (SSSR count). The van der Waals surface area contributed by atoms with Crippen LogP contribution in [0.1, 0.15) is 18.2 Å². The van der Waals surface area contributed by atoms with E-state index in [0.29, 0.717) is 36.3 Å². The van der Waals surface area contributed by atoms with Gasteiger partial charge in [-0.3, -0.25) is 0 Å². The second-order valence-corrected chi connectivity index (χ2v) is 9.05. The molecule has 0 radical (unpaired) electrons. The lowest BCUT2D eigenvalue weighted by molar-refractivity contribution is 0.440. The molecule has 0 unspecified atom stereocenters. The molecule has 25 heavy (non-hydrogen) atoms. The summed E-state index contributed by atoms with van der Waals surface area (Å²) in [6, 6.07) is 10.0. The summed E-state index contributed by atoms with van der Waals surface area (Å²) in [4.78, 5) is 1.14. The molecule has 0 aliphatic carbocycles. The number of halogens is 1. The molecule has 6 nitrogen and oxygen atoms in total. The lowest BCUT2D eigenvalue weighted by atomic mass is 10.1. The second-order valence-electron chi connectivity index (χ2n) is 5.73. The van der Waals surface area contributed by atoms with Crippen LogP contribution in [0.3, 0.4) is 0 Å². The number of hydrogen-bond acceptors (Lipinski definition) is 6. The van der Waals surface area contributed by atoms with Crippen molar-refractivity contribution in [3.63, 3.8) is 0 Å². The fraction of sp³-hybridized carbons (Fsp3) is 0.250. The zero-order valence-corrected chi connectivity index (χ0v) is 15.4. The Labute approximate surface area is 154 Å². The fourth-order valence-corrected chi connectivity index (χ4v) is 5.07. The summed E-state index contributed by atoms with van der Waals surface area (Å²) in [5.41, 5.74) is 0. The van der Waals surface area contributed by atoms with E-state index in [1.54, 1.807) is 12.1 Å². The molecule has 2 aromatic heterocycles. The number of thiophene rings is 1. The van der Waals surface area contributed by atoms with Gasteiger partial charge in [-0.1, -0.05) is 17.7 Å². The first-order chi connectivity index (χ1) is 12.0. The van der Waals surface area contributed by atoms with E-state index in [-0.39, 0.29) is 10.8 Å². The molecule has 0 saturated carbocycles. The van der Waals surface area contributed by atoms with Gasteiger partial charge in [0.2, 0.25) is 15.9 Å². The number of aromatic nitrogens is 2. The van der Waals surface area contributed by atoms with Gasteiger partial charge in [-0.15, -0.1) is 21.5 Å². The first kappa shape index (κ1) is 16.7. The minimum atomic E-state index is -3.55. The van der Waals surface area contributed by atoms with Crippen LogP contribution >= 0.6 is 22.9 Å². The predicted octanol–water partition coefficient (Wildman–Crippen LogP) is 3.63. The van der Waals surface area contributed by atoms with Crippen molar-refractivity contribution in [1.82, 2.24) is 14.5 Å². The standard InChI is InChI=1S/C16H14ClN3O3S2/c17-12-3-5-13(6-4-12)25(21,22)20-8-7-11(10-20)15-18-19-16(23-15)14-2-1-9-24-14/h1-6,9,11H,7-8,10H2/t11-/m0/s1. The van der Waals surface area contributed by atoms with Crippen LogP contribution < -0.4 is 0 Å². The lowest BCUT2D eigenvalue weighted by Gasteiger charge is -2.16. The van der Waals surface area contributed by atoms with Gasteiger partial charge >= 0.3 is 0 Å². The highest BCUT2D eigenvalue weighted by Crippen LogP contribution is 2.32. The van der Waals surface area contributed by atoms with Gasteiger partial charge in [0, 0.05) is 18.1 Å². The van der Waals surface area contributed by atoms with Crippen LogP contribution in [0.5, 0.6) is 0 Å². The maximum atomic E-state index is 12.7. The number of rotatable bonds is 4. The third-order valence-corrected chi connectivity index (χ3v) is 7.11. The molecular weight excluding hydrogens is 382 g/mol. The average Bonchev–Trinajstić information content (AvgIpc) is 3.34. The topological polar surface area (TPSA) is 76.3 Å². The third kappa shape index (κ3) is 3.22. The van der Waals surface area contributed by atoms with Crippen LogP contribution in [0, 0.1) is 0 Å². The minimum Gasteiger partial charge on any atom is -0.420 e. The van der Waals surface area contributed by atoms with Crippen LogP contribution in [0.25, 0.3) is 10.8 Å². The molecule has 0 spiro atoms. The largest absolute Gasteiger partial charge is 0.420 e. The van der Waals surface area contributed by atoms with Gasteiger partial charge in [-0.2, -0.15) is 4.31 Å². The Hall–Kier alpha value is -1.74. The molecule has 130 valence electrons. The van der Waals surface area contributed by atoms with E-state index in [0.717, 1.165) is 4.88 Å². The molecule has 9 heteroatoms. The fourth-order valence-electron chi connectivity index (χ4n) is 2.80. The van der Waals surface area contributed by atoms with Crippen molar-refractivity contribution in [1.29, 1.82) is 0 Å². The van der Waals surface area contributed by atoms with Gasteiger partial charge in [0.15, 0.2) is 0 Å². The first-order valence-electron chi connectivity index (χ1n) is 7.67. The molecule has 1 saturated heterocycles. The van der Waals surface area contributed by atoms with Crippen LogP contribution in [-0.4, -0.2) is 36.0 Å². The molecule has 3 aromatic rings. The maximum absolute atomic E-state index is 12.7. The second kappa shape index (κ2) is 6.53. The molecule has 0 N–H and O–H groups in total. The van der Waals surface area contributed by atoms with Crippen molar-refractivity contribution in [2.24, 2.45) is 0 Å². The van der Waals surface area contributed by atoms with Crippen molar-refractivity contribution in [2.45, 2.75) is 17.2 Å². The molecule has 1 aliphatic heterocycles. The van der Waals surface area contributed by atoms with E-state index in [9.17, 15) is 8.42 Å². The van der Waals surface area contributed by atoms with Crippen molar-refractivity contribution in [2.75, 3.05) is 13.1 Å². The summed E-state index contributed by atoms with van der Waals surface area (Å²) in [5.74, 6) is 0.865. The first-order valence-corrected chi connectivity index (χ1v) is 10.4. The SMILES string of the molecule is O=S(=O)(c1ccc(Cl)cc1)N1CC[C@H](c2nnc(-c3cccs3)o2)C1. The Morgan fingerprint density at radius 3 is 2.72 bits per heavy atom. The normalized spacial score (nSPS) is 18.7. The molecule has 0 amide bonds. The van der Waals surface area contributed by atoms with Crippen molar-refractivity contribution >= 4 is 33.0 Å². The van der Waals surface area contributed by atoms with Crippen LogP contribution in [-0.2, 0) is 10.0 Å². The summed E-state index contributed by atoms with van der Waals surface area (Å²) in [6.07, 6.45) is 0.652. The van der Waals surface area contributed by atoms with E-state index >= 15 is 0 Å². The van der Waals surface area contributed by atoms with E-state index in [2.05, 4.69) is 10.2 Å². The monoisotopic (exact) mass is 395 g/mol. The van der Waals surface area contributed by atoms with E-state index in [4.69, 9.17) is 16.0 Å². The average molecular weight is 396 g/mol. The zero-order chi connectivity index (χ0) is 17.4. The molecule has 1 aromatic carbocycles. The molecular formula is C16H14ClN3O3S2. The van der Waals surface area contributed by atoms with E-state index in [1.807, 2.05) is 17.5 Å². The Kier molecular flexibility index (Phi) is 4.36. The summed E-state index contributed by atoms with van der Waals surface area (Å²) in [5, 5.41) is 10.6. The van der Waals surface area contributed by atoms with Crippen molar-refractivity contribution in [3.8, 4) is 10.8 Å². The van der Waals surface area contributed by atoms with Crippen LogP contribution in [0.2, 0.25) is 5.02 Å². The number of sulfonamides is 1. The van der Waals surface area contributed by atoms with Gasteiger partial charge in [-0.25, -0.2) is 8.42 Å². The molecule has 1 fully saturated rings. The quantitative estimate of drug-likeness (QED) is 0.674. The van der Waals surface area contributed by atoms with E-state index < -0.39 is 10.0 Å². The Morgan fingerprint density at radius 1 is 1.20 bits per heavy atom. The summed E-state index contributed by atoms with van der Waals surface area (Å²) < 4.78 is 32.7.